The molecule has 5 nitrogen and oxygen atoms in total. The van der Waals surface area contributed by atoms with Crippen LogP contribution in [0.25, 0.3) is 0 Å². The Morgan fingerprint density at radius 2 is 2.40 bits per heavy atom. The molecule has 0 spiro atoms. The first-order valence-corrected chi connectivity index (χ1v) is 5.08. The number of hydrogen-bond donors (Lipinski definition) is 1. The molecule has 0 aliphatic carbocycles. The molecule has 1 saturated heterocycles. The summed E-state index contributed by atoms with van der Waals surface area (Å²) in [5.41, 5.74) is -0.755. The predicted molar refractivity (Wildman–Crippen MR) is 54.5 cm³/mol. The van der Waals surface area contributed by atoms with E-state index in [1.54, 1.807) is 24.2 Å². The second-order valence-corrected chi connectivity index (χ2v) is 4.27. The monoisotopic (exact) mass is 209 g/mol. The van der Waals surface area contributed by atoms with Crippen molar-refractivity contribution < 1.29 is 9.90 Å². The molecular formula is C10H15N3O2. The fourth-order valence-corrected chi connectivity index (χ4v) is 1.92. The van der Waals surface area contributed by atoms with E-state index in [1.807, 2.05) is 0 Å². The van der Waals surface area contributed by atoms with Crippen molar-refractivity contribution in [2.24, 2.45) is 0 Å². The number of rotatable bonds is 0. The Kier molecular flexibility index (Phi) is 2.48. The quantitative estimate of drug-likeness (QED) is 0.684. The second kappa shape index (κ2) is 3.66. The molecule has 0 aromatic carbocycles. The summed E-state index contributed by atoms with van der Waals surface area (Å²) >= 11 is 0. The van der Waals surface area contributed by atoms with Gasteiger partial charge in [-0.25, -0.2) is 9.78 Å². The smallest absolute Gasteiger partial charge is 0.329 e. The van der Waals surface area contributed by atoms with Gasteiger partial charge < -0.3 is 10.0 Å². The van der Waals surface area contributed by atoms with Gasteiger partial charge in [0.05, 0.1) is 12.1 Å². The molecule has 15 heavy (non-hydrogen) atoms. The van der Waals surface area contributed by atoms with Crippen LogP contribution in [0.4, 0.5) is 4.79 Å². The average Bonchev–Trinajstić information content (AvgIpc) is 2.67. The number of carbonyl (C=O) groups is 1. The van der Waals surface area contributed by atoms with Crippen LogP contribution in [0.2, 0.25) is 0 Å². The Morgan fingerprint density at radius 3 is 3.00 bits per heavy atom. The van der Waals surface area contributed by atoms with Crippen molar-refractivity contribution in [3.05, 3.63) is 18.7 Å². The van der Waals surface area contributed by atoms with Gasteiger partial charge in [-0.3, -0.25) is 4.57 Å². The van der Waals surface area contributed by atoms with Crippen molar-refractivity contribution in [2.75, 3.05) is 13.1 Å². The second-order valence-electron chi connectivity index (χ2n) is 4.27. The van der Waals surface area contributed by atoms with Crippen LogP contribution in [0.5, 0.6) is 0 Å². The van der Waals surface area contributed by atoms with Crippen molar-refractivity contribution in [2.45, 2.75) is 25.4 Å². The third-order valence-corrected chi connectivity index (χ3v) is 2.67. The van der Waals surface area contributed by atoms with E-state index < -0.39 is 5.60 Å². The normalized spacial score (nSPS) is 26.7. The zero-order valence-electron chi connectivity index (χ0n) is 8.76. The van der Waals surface area contributed by atoms with E-state index in [1.165, 1.54) is 10.9 Å². The maximum Gasteiger partial charge on any atom is 0.329 e. The number of β-amino-alcohol motifs (C(OH)–C–C–N with tert-alkyl or cyclic N) is 1. The molecule has 5 heteroatoms. The largest absolute Gasteiger partial charge is 0.388 e. The van der Waals surface area contributed by atoms with E-state index in [0.29, 0.717) is 13.1 Å². The molecule has 1 fully saturated rings. The Bertz CT molecular complexity index is 346. The maximum atomic E-state index is 11.9. The van der Waals surface area contributed by atoms with Gasteiger partial charge in [0.15, 0.2) is 0 Å². The molecule has 1 unspecified atom stereocenters. The van der Waals surface area contributed by atoms with E-state index in [9.17, 15) is 9.90 Å². The number of amides is 1. The minimum absolute atomic E-state index is 0.118. The summed E-state index contributed by atoms with van der Waals surface area (Å²) in [7, 11) is 0. The van der Waals surface area contributed by atoms with Crippen LogP contribution in [0.1, 0.15) is 19.8 Å². The maximum absolute atomic E-state index is 11.9. The molecule has 0 bridgehead atoms. The number of aromatic nitrogens is 2. The summed E-state index contributed by atoms with van der Waals surface area (Å²) in [6, 6.07) is -0.118. The van der Waals surface area contributed by atoms with Crippen LogP contribution < -0.4 is 0 Å². The van der Waals surface area contributed by atoms with E-state index in [0.717, 1.165) is 12.8 Å². The lowest BCUT2D eigenvalue weighted by Gasteiger charge is -2.36. The molecule has 82 valence electrons. The molecule has 1 aliphatic rings. The van der Waals surface area contributed by atoms with E-state index in [2.05, 4.69) is 4.98 Å². The van der Waals surface area contributed by atoms with Crippen LogP contribution in [-0.2, 0) is 0 Å². The summed E-state index contributed by atoms with van der Waals surface area (Å²) in [5.74, 6) is 0. The first-order valence-electron chi connectivity index (χ1n) is 5.08. The lowest BCUT2D eigenvalue weighted by molar-refractivity contribution is -0.00231. The molecule has 1 atom stereocenters. The molecule has 1 aliphatic heterocycles. The number of likely N-dealkylation sites (tertiary alicyclic amines) is 1. The van der Waals surface area contributed by atoms with Crippen LogP contribution in [0.15, 0.2) is 18.7 Å². The summed E-state index contributed by atoms with van der Waals surface area (Å²) in [6.07, 6.45) is 6.26. The van der Waals surface area contributed by atoms with Gasteiger partial charge in [0.25, 0.3) is 0 Å². The van der Waals surface area contributed by atoms with Gasteiger partial charge >= 0.3 is 6.03 Å². The fourth-order valence-electron chi connectivity index (χ4n) is 1.92. The van der Waals surface area contributed by atoms with Crippen LogP contribution in [0.3, 0.4) is 0 Å². The Balaban J connectivity index is 2.08. The molecule has 0 saturated carbocycles. The lowest BCUT2D eigenvalue weighted by Crippen LogP contribution is -2.49. The zero-order chi connectivity index (χ0) is 10.9. The van der Waals surface area contributed by atoms with E-state index in [-0.39, 0.29) is 6.03 Å². The number of hydrogen-bond acceptors (Lipinski definition) is 3. The van der Waals surface area contributed by atoms with Gasteiger partial charge in [0.1, 0.15) is 6.33 Å². The van der Waals surface area contributed by atoms with E-state index in [4.69, 9.17) is 0 Å². The number of carbonyl (C=O) groups excluding carboxylic acids is 1. The molecule has 0 radical (unpaired) electrons. The standard InChI is InChI=1S/C10H15N3O2/c1-10(15)3-2-5-12(7-10)9(14)13-6-4-11-8-13/h4,6,8,15H,2-3,5,7H2,1H3. The third-order valence-electron chi connectivity index (χ3n) is 2.67. The van der Waals surface area contributed by atoms with Gasteiger partial charge in [-0.2, -0.15) is 0 Å². The molecule has 1 aromatic heterocycles. The minimum atomic E-state index is -0.755. The number of piperidine rings is 1. The van der Waals surface area contributed by atoms with Crippen molar-refractivity contribution in [1.82, 2.24) is 14.5 Å². The highest BCUT2D eigenvalue weighted by atomic mass is 16.3. The van der Waals surface area contributed by atoms with Gasteiger partial charge in [0, 0.05) is 18.9 Å². The predicted octanol–water partition coefficient (Wildman–Crippen LogP) is 0.698. The topological polar surface area (TPSA) is 58.4 Å². The highest BCUT2D eigenvalue weighted by Gasteiger charge is 2.31. The summed E-state index contributed by atoms with van der Waals surface area (Å²) < 4.78 is 1.43. The summed E-state index contributed by atoms with van der Waals surface area (Å²) in [5, 5.41) is 9.87. The summed E-state index contributed by atoms with van der Waals surface area (Å²) in [4.78, 5) is 17.4. The van der Waals surface area contributed by atoms with Crippen LogP contribution in [0, 0.1) is 0 Å². The SMILES string of the molecule is CC1(O)CCCN(C(=O)n2ccnc2)C1. The van der Waals surface area contributed by atoms with Crippen molar-refractivity contribution in [1.29, 1.82) is 0 Å². The van der Waals surface area contributed by atoms with Crippen LogP contribution >= 0.6 is 0 Å². The number of imidazole rings is 1. The minimum Gasteiger partial charge on any atom is -0.388 e. The number of nitrogens with zero attached hydrogens (tertiary/aromatic N) is 3. The van der Waals surface area contributed by atoms with E-state index >= 15 is 0 Å². The van der Waals surface area contributed by atoms with Gasteiger partial charge in [0.2, 0.25) is 0 Å². The van der Waals surface area contributed by atoms with Gasteiger partial charge in [-0.05, 0) is 19.8 Å². The Hall–Kier alpha value is -1.36. The average molecular weight is 209 g/mol. The summed E-state index contributed by atoms with van der Waals surface area (Å²) in [6.45, 7) is 2.86. The highest BCUT2D eigenvalue weighted by Crippen LogP contribution is 2.20. The Morgan fingerprint density at radius 1 is 1.60 bits per heavy atom. The molecule has 2 rings (SSSR count). The van der Waals surface area contributed by atoms with Gasteiger partial charge in [-0.15, -0.1) is 0 Å². The molecule has 2 heterocycles. The molecule has 1 N–H and O–H groups in total. The van der Waals surface area contributed by atoms with Crippen molar-refractivity contribution >= 4 is 6.03 Å². The molecular weight excluding hydrogens is 194 g/mol. The third kappa shape index (κ3) is 2.18. The van der Waals surface area contributed by atoms with Crippen molar-refractivity contribution in [3.8, 4) is 0 Å². The lowest BCUT2D eigenvalue weighted by atomic mass is 9.95. The highest BCUT2D eigenvalue weighted by molar-refractivity contribution is 5.76. The van der Waals surface area contributed by atoms with Crippen LogP contribution in [-0.4, -0.2) is 44.3 Å². The van der Waals surface area contributed by atoms with Gasteiger partial charge in [-0.1, -0.05) is 0 Å². The Labute approximate surface area is 88.3 Å². The molecule has 1 amide bonds. The first kappa shape index (κ1) is 10.2. The van der Waals surface area contributed by atoms with Crippen molar-refractivity contribution in [3.63, 3.8) is 0 Å². The number of aliphatic hydroxyl groups is 1. The first-order chi connectivity index (χ1) is 7.08. The molecule has 1 aromatic rings. The zero-order valence-corrected chi connectivity index (χ0v) is 8.76. The fraction of sp³-hybridized carbons (Fsp3) is 0.600.